The highest BCUT2D eigenvalue weighted by Crippen LogP contribution is 2.24. The van der Waals surface area contributed by atoms with Gasteiger partial charge in [0.25, 0.3) is 0 Å². The Labute approximate surface area is 245 Å². The average molecular weight is 576 g/mol. The van der Waals surface area contributed by atoms with Gasteiger partial charge in [0, 0.05) is 24.0 Å². The van der Waals surface area contributed by atoms with Gasteiger partial charge in [0.1, 0.15) is 29.6 Å². The van der Waals surface area contributed by atoms with Gasteiger partial charge in [-0.3, -0.25) is 4.79 Å². The summed E-state index contributed by atoms with van der Waals surface area (Å²) in [6, 6.07) is 22.5. The van der Waals surface area contributed by atoms with Gasteiger partial charge >= 0.3 is 5.97 Å². The molecule has 2 unspecified atom stereocenters. The highest BCUT2D eigenvalue weighted by Gasteiger charge is 2.17. The number of carboxylic acids is 1. The Kier molecular flexibility index (Phi) is 10.7. The number of nitrogens with zero attached hydrogens (tertiary/aromatic N) is 1. The Morgan fingerprint density at radius 3 is 1.88 bits per heavy atom. The molecule has 2 saturated heterocycles. The zero-order valence-electron chi connectivity index (χ0n) is 23.6. The molecule has 0 aliphatic carbocycles. The first-order valence-corrected chi connectivity index (χ1v) is 14.5. The predicted octanol–water partition coefficient (Wildman–Crippen LogP) is 5.97. The molecular formula is C33H37NO8. The fourth-order valence-electron chi connectivity index (χ4n) is 4.79. The van der Waals surface area contributed by atoms with E-state index in [-0.39, 0.29) is 32.2 Å². The van der Waals surface area contributed by atoms with Gasteiger partial charge in [0.05, 0.1) is 19.6 Å². The number of carboxylic acid groups (broad SMARTS) is 1. The maximum absolute atomic E-state index is 11.0. The van der Waals surface area contributed by atoms with Crippen LogP contribution in [0.2, 0.25) is 0 Å². The van der Waals surface area contributed by atoms with E-state index < -0.39 is 5.97 Å². The lowest BCUT2D eigenvalue weighted by atomic mass is 10.0. The second-order valence-electron chi connectivity index (χ2n) is 10.2. The molecule has 2 aliphatic heterocycles. The van der Waals surface area contributed by atoms with Crippen molar-refractivity contribution in [1.82, 2.24) is 0 Å². The lowest BCUT2D eigenvalue weighted by Crippen LogP contribution is -2.25. The van der Waals surface area contributed by atoms with Crippen molar-refractivity contribution in [3.63, 3.8) is 0 Å². The van der Waals surface area contributed by atoms with E-state index in [0.717, 1.165) is 74.4 Å². The van der Waals surface area contributed by atoms with E-state index in [2.05, 4.69) is 5.16 Å². The van der Waals surface area contributed by atoms with Crippen molar-refractivity contribution in [2.24, 2.45) is 5.16 Å². The van der Waals surface area contributed by atoms with E-state index in [1.807, 2.05) is 48.5 Å². The van der Waals surface area contributed by atoms with Crippen LogP contribution in [0.15, 0.2) is 78.0 Å². The SMILES string of the molecule is O=C(O)Cc1cccc(OCCON=C(c2ccc(OC3CCCCO3)cc2)c2ccc(OC3CCCCO3)cc2)c1. The largest absolute Gasteiger partial charge is 0.490 e. The molecule has 2 fully saturated rings. The van der Waals surface area contributed by atoms with E-state index in [1.165, 1.54) is 0 Å². The molecule has 2 aliphatic rings. The van der Waals surface area contributed by atoms with Crippen molar-refractivity contribution in [2.45, 2.75) is 57.5 Å². The molecule has 0 aromatic heterocycles. The number of benzene rings is 3. The third-order valence-electron chi connectivity index (χ3n) is 6.92. The van der Waals surface area contributed by atoms with Crippen LogP contribution in [0.5, 0.6) is 17.2 Å². The molecule has 222 valence electrons. The molecule has 0 radical (unpaired) electrons. The summed E-state index contributed by atoms with van der Waals surface area (Å²) in [4.78, 5) is 16.7. The summed E-state index contributed by atoms with van der Waals surface area (Å²) in [6.45, 7) is 1.89. The van der Waals surface area contributed by atoms with Gasteiger partial charge in [0.2, 0.25) is 0 Å². The number of oxime groups is 1. The molecule has 1 N–H and O–H groups in total. The molecule has 0 spiro atoms. The van der Waals surface area contributed by atoms with Crippen LogP contribution in [0.3, 0.4) is 0 Å². The summed E-state index contributed by atoms with van der Waals surface area (Å²) in [7, 11) is 0. The molecule has 9 heteroatoms. The number of hydrogen-bond acceptors (Lipinski definition) is 8. The molecule has 2 heterocycles. The normalized spacial score (nSPS) is 18.5. The number of aliphatic carboxylic acids is 1. The first-order valence-electron chi connectivity index (χ1n) is 14.5. The van der Waals surface area contributed by atoms with E-state index in [4.69, 9.17) is 33.6 Å². The van der Waals surface area contributed by atoms with Crippen molar-refractivity contribution in [2.75, 3.05) is 26.4 Å². The first-order chi connectivity index (χ1) is 20.6. The summed E-state index contributed by atoms with van der Waals surface area (Å²) in [5, 5.41) is 13.5. The standard InChI is InChI=1S/C33H37NO8/c35-30(36)23-24-6-5-7-29(22-24)37-20-21-40-34-33(25-10-14-27(15-11-25)41-31-8-1-3-18-38-31)26-12-16-28(17-13-26)42-32-9-2-4-19-39-32/h5-7,10-17,22,31-32H,1-4,8-9,18-21,23H2,(H,35,36). The van der Waals surface area contributed by atoms with E-state index in [1.54, 1.807) is 24.3 Å². The fourth-order valence-corrected chi connectivity index (χ4v) is 4.79. The van der Waals surface area contributed by atoms with Crippen LogP contribution in [0, 0.1) is 0 Å². The highest BCUT2D eigenvalue weighted by molar-refractivity contribution is 6.12. The minimum absolute atomic E-state index is 0.0592. The molecule has 3 aromatic rings. The lowest BCUT2D eigenvalue weighted by Gasteiger charge is -2.23. The first kappa shape index (κ1) is 29.4. The van der Waals surface area contributed by atoms with Gasteiger partial charge in [-0.25, -0.2) is 0 Å². The Morgan fingerprint density at radius 2 is 1.36 bits per heavy atom. The zero-order chi connectivity index (χ0) is 29.0. The van der Waals surface area contributed by atoms with Gasteiger partial charge in [-0.2, -0.15) is 0 Å². The molecular weight excluding hydrogens is 538 g/mol. The van der Waals surface area contributed by atoms with Gasteiger partial charge in [-0.1, -0.05) is 17.3 Å². The lowest BCUT2D eigenvalue weighted by molar-refractivity contribution is -0.136. The van der Waals surface area contributed by atoms with Crippen molar-refractivity contribution < 1.29 is 38.4 Å². The fraction of sp³-hybridized carbons (Fsp3) is 0.394. The van der Waals surface area contributed by atoms with Crippen LogP contribution in [0.25, 0.3) is 0 Å². The Balaban J connectivity index is 1.24. The minimum atomic E-state index is -0.888. The maximum Gasteiger partial charge on any atom is 0.307 e. The summed E-state index contributed by atoms with van der Waals surface area (Å²) >= 11 is 0. The quantitative estimate of drug-likeness (QED) is 0.151. The molecule has 3 aromatic carbocycles. The number of ether oxygens (including phenoxy) is 5. The number of rotatable bonds is 13. The number of carbonyl (C=O) groups is 1. The summed E-state index contributed by atoms with van der Waals surface area (Å²) in [6.07, 6.45) is 5.61. The minimum Gasteiger partial charge on any atom is -0.490 e. The molecule has 42 heavy (non-hydrogen) atoms. The smallest absolute Gasteiger partial charge is 0.307 e. The summed E-state index contributed by atoms with van der Waals surface area (Å²) in [5.74, 6) is 1.17. The van der Waals surface area contributed by atoms with Crippen LogP contribution >= 0.6 is 0 Å². The topological polar surface area (TPSA) is 105 Å². The van der Waals surface area contributed by atoms with Crippen LogP contribution in [-0.4, -0.2) is 55.8 Å². The Hall–Kier alpha value is -4.08. The third-order valence-corrected chi connectivity index (χ3v) is 6.92. The van der Waals surface area contributed by atoms with Gasteiger partial charge < -0.3 is 33.6 Å². The van der Waals surface area contributed by atoms with Crippen molar-refractivity contribution in [3.05, 3.63) is 89.5 Å². The predicted molar refractivity (Wildman–Crippen MR) is 156 cm³/mol. The second-order valence-corrected chi connectivity index (χ2v) is 10.2. The van der Waals surface area contributed by atoms with Crippen molar-refractivity contribution in [1.29, 1.82) is 0 Å². The monoisotopic (exact) mass is 575 g/mol. The molecule has 0 amide bonds. The van der Waals surface area contributed by atoms with Gasteiger partial charge in [0.15, 0.2) is 19.2 Å². The number of hydrogen-bond donors (Lipinski definition) is 1. The third kappa shape index (κ3) is 8.96. The molecule has 2 atom stereocenters. The zero-order valence-corrected chi connectivity index (χ0v) is 23.6. The summed E-state index contributed by atoms with van der Waals surface area (Å²) in [5.41, 5.74) is 3.04. The second kappa shape index (κ2) is 15.2. The van der Waals surface area contributed by atoms with Gasteiger partial charge in [-0.15, -0.1) is 0 Å². The summed E-state index contributed by atoms with van der Waals surface area (Å²) < 4.78 is 29.2. The molecule has 0 bridgehead atoms. The van der Waals surface area contributed by atoms with Crippen LogP contribution in [-0.2, 0) is 25.5 Å². The molecule has 5 rings (SSSR count). The van der Waals surface area contributed by atoms with Gasteiger partial charge in [-0.05, 0) is 91.9 Å². The van der Waals surface area contributed by atoms with Crippen molar-refractivity contribution in [3.8, 4) is 17.2 Å². The van der Waals surface area contributed by atoms with Crippen LogP contribution in [0.1, 0.15) is 55.2 Å². The highest BCUT2D eigenvalue weighted by atomic mass is 16.7. The van der Waals surface area contributed by atoms with E-state index in [0.29, 0.717) is 17.0 Å². The van der Waals surface area contributed by atoms with Crippen LogP contribution < -0.4 is 14.2 Å². The van der Waals surface area contributed by atoms with Crippen molar-refractivity contribution >= 4 is 11.7 Å². The molecule has 0 saturated carbocycles. The Morgan fingerprint density at radius 1 is 0.762 bits per heavy atom. The van der Waals surface area contributed by atoms with Crippen LogP contribution in [0.4, 0.5) is 0 Å². The maximum atomic E-state index is 11.0. The average Bonchev–Trinajstić information content (AvgIpc) is 3.01. The van der Waals surface area contributed by atoms with E-state index in [9.17, 15) is 4.79 Å². The van der Waals surface area contributed by atoms with E-state index >= 15 is 0 Å². The molecule has 9 nitrogen and oxygen atoms in total. The Bertz CT molecular complexity index is 1230.